The predicted octanol–water partition coefficient (Wildman–Crippen LogP) is 2.24. The summed E-state index contributed by atoms with van der Waals surface area (Å²) in [5.74, 6) is -1.54. The number of carbonyl (C=O) groups excluding carboxylic acids is 2. The highest BCUT2D eigenvalue weighted by Gasteiger charge is 2.55. The number of nitrogens with two attached hydrogens (primary N) is 1. The first-order valence-electron chi connectivity index (χ1n) is 11.7. The third kappa shape index (κ3) is 3.76. The number of primary amides is 1. The second kappa shape index (κ2) is 8.39. The van der Waals surface area contributed by atoms with Gasteiger partial charge in [-0.05, 0) is 55.5 Å². The molecule has 34 heavy (non-hydrogen) atoms. The monoisotopic (exact) mass is 483 g/mol. The highest BCUT2D eigenvalue weighted by molar-refractivity contribution is 7.89. The van der Waals surface area contributed by atoms with Gasteiger partial charge in [-0.1, -0.05) is 30.3 Å². The Bertz CT molecular complexity index is 1220. The molecule has 8 nitrogen and oxygen atoms in total. The quantitative estimate of drug-likeness (QED) is 0.634. The van der Waals surface area contributed by atoms with Gasteiger partial charge in [-0.25, -0.2) is 8.42 Å². The van der Waals surface area contributed by atoms with Crippen LogP contribution in [-0.2, 0) is 26.0 Å². The largest absolute Gasteiger partial charge is 0.468 e. The van der Waals surface area contributed by atoms with Crippen LogP contribution >= 0.6 is 0 Å². The molecule has 2 saturated heterocycles. The number of carbonyl (C=O) groups is 2. The zero-order valence-corrected chi connectivity index (χ0v) is 20.0. The van der Waals surface area contributed by atoms with E-state index in [4.69, 9.17) is 10.5 Å². The van der Waals surface area contributed by atoms with Crippen molar-refractivity contribution in [2.75, 3.05) is 19.6 Å². The number of rotatable bonds is 6. The van der Waals surface area contributed by atoms with Gasteiger partial charge in [0.2, 0.25) is 21.8 Å². The van der Waals surface area contributed by atoms with Gasteiger partial charge in [0.25, 0.3) is 0 Å². The van der Waals surface area contributed by atoms with Gasteiger partial charge in [0.1, 0.15) is 11.7 Å². The first-order chi connectivity index (χ1) is 16.2. The summed E-state index contributed by atoms with van der Waals surface area (Å²) in [5.41, 5.74) is 6.53. The normalized spacial score (nSPS) is 26.7. The lowest BCUT2D eigenvalue weighted by Gasteiger charge is -2.52. The van der Waals surface area contributed by atoms with Crippen molar-refractivity contribution in [2.45, 2.75) is 49.1 Å². The first-order valence-corrected chi connectivity index (χ1v) is 13.1. The molecule has 0 spiro atoms. The van der Waals surface area contributed by atoms with Gasteiger partial charge in [-0.2, -0.15) is 4.31 Å². The van der Waals surface area contributed by atoms with E-state index in [2.05, 4.69) is 0 Å². The molecule has 3 aliphatic heterocycles. The first kappa shape index (κ1) is 22.9. The van der Waals surface area contributed by atoms with Crippen LogP contribution < -0.4 is 10.5 Å². The topological polar surface area (TPSA) is 110 Å². The molecule has 3 aliphatic rings. The minimum atomic E-state index is -3.47. The van der Waals surface area contributed by atoms with Crippen molar-refractivity contribution < 1.29 is 22.7 Å². The molecule has 0 radical (unpaired) electrons. The Kier molecular flexibility index (Phi) is 5.64. The highest BCUT2D eigenvalue weighted by Crippen LogP contribution is 2.50. The number of benzene rings is 2. The van der Waals surface area contributed by atoms with Crippen molar-refractivity contribution in [1.29, 1.82) is 0 Å². The number of para-hydroxylation sites is 1. The van der Waals surface area contributed by atoms with Crippen LogP contribution in [0.15, 0.2) is 53.4 Å². The van der Waals surface area contributed by atoms with E-state index in [0.29, 0.717) is 38.2 Å². The van der Waals surface area contributed by atoms with E-state index in [1.54, 1.807) is 29.2 Å². The van der Waals surface area contributed by atoms with Crippen LogP contribution in [0, 0.1) is 5.92 Å². The van der Waals surface area contributed by atoms with Gasteiger partial charge >= 0.3 is 0 Å². The highest BCUT2D eigenvalue weighted by atomic mass is 32.2. The number of piperidine rings is 1. The van der Waals surface area contributed by atoms with Crippen LogP contribution in [0.3, 0.4) is 0 Å². The number of nitrogens with zero attached hydrogens (tertiary/aromatic N) is 2. The second-order valence-corrected chi connectivity index (χ2v) is 11.4. The maximum Gasteiger partial charge on any atom is 0.243 e. The fraction of sp³-hybridized carbons (Fsp3) is 0.440. The third-order valence-corrected chi connectivity index (χ3v) is 9.22. The van der Waals surface area contributed by atoms with Crippen LogP contribution in [0.2, 0.25) is 0 Å². The molecule has 3 heterocycles. The summed E-state index contributed by atoms with van der Waals surface area (Å²) in [6.45, 7) is 3.32. The molecular weight excluding hydrogens is 454 g/mol. The number of likely N-dealkylation sites (tertiary alicyclic amines) is 1. The molecular formula is C25H29N3O5S. The van der Waals surface area contributed by atoms with Crippen LogP contribution in [0.25, 0.3) is 0 Å². The number of amides is 2. The maximum atomic E-state index is 13.4. The van der Waals surface area contributed by atoms with E-state index in [0.717, 1.165) is 24.0 Å². The molecule has 2 bridgehead atoms. The Balaban J connectivity index is 1.36. The Hall–Kier alpha value is -2.91. The molecule has 9 heteroatoms. The molecule has 0 aromatic heterocycles. The summed E-state index contributed by atoms with van der Waals surface area (Å²) in [5, 5.41) is 0. The van der Waals surface area contributed by atoms with Gasteiger partial charge in [-0.3, -0.25) is 9.59 Å². The minimum absolute atomic E-state index is 0.281. The molecule has 5 rings (SSSR count). The SMILES string of the molecule is CC12CC(c3ccccc3O1)C(C(N)=O)C(=O)N2CCc1ccc(S(=O)(=O)N2CCCC2)cc1. The smallest absolute Gasteiger partial charge is 0.243 e. The average molecular weight is 484 g/mol. The van der Waals surface area contributed by atoms with Crippen LogP contribution in [0.5, 0.6) is 5.75 Å². The van der Waals surface area contributed by atoms with Crippen molar-refractivity contribution >= 4 is 21.8 Å². The number of fused-ring (bicyclic) bond motifs is 4. The van der Waals surface area contributed by atoms with Crippen molar-refractivity contribution in [1.82, 2.24) is 9.21 Å². The maximum absolute atomic E-state index is 13.4. The van der Waals surface area contributed by atoms with Crippen LogP contribution in [0.4, 0.5) is 0 Å². The van der Waals surface area contributed by atoms with Gasteiger partial charge in [-0.15, -0.1) is 0 Å². The molecule has 3 atom stereocenters. The van der Waals surface area contributed by atoms with Crippen molar-refractivity contribution in [2.24, 2.45) is 11.7 Å². The lowest BCUT2D eigenvalue weighted by molar-refractivity contribution is -0.175. The third-order valence-electron chi connectivity index (χ3n) is 7.31. The lowest BCUT2D eigenvalue weighted by Crippen LogP contribution is -2.64. The molecule has 2 amide bonds. The van der Waals surface area contributed by atoms with E-state index in [-0.39, 0.29) is 16.7 Å². The van der Waals surface area contributed by atoms with Gasteiger partial charge in [0.15, 0.2) is 5.72 Å². The molecule has 180 valence electrons. The zero-order valence-electron chi connectivity index (χ0n) is 19.1. The Morgan fingerprint density at radius 2 is 1.79 bits per heavy atom. The van der Waals surface area contributed by atoms with E-state index in [1.807, 2.05) is 31.2 Å². The Labute approximate surface area is 199 Å². The number of hydrogen-bond acceptors (Lipinski definition) is 5. The molecule has 3 unspecified atom stereocenters. The zero-order chi connectivity index (χ0) is 24.1. The summed E-state index contributed by atoms with van der Waals surface area (Å²) < 4.78 is 33.3. The van der Waals surface area contributed by atoms with E-state index in [1.165, 1.54) is 4.31 Å². The van der Waals surface area contributed by atoms with E-state index in [9.17, 15) is 18.0 Å². The Morgan fingerprint density at radius 1 is 1.12 bits per heavy atom. The lowest BCUT2D eigenvalue weighted by atomic mass is 9.73. The number of hydrogen-bond donors (Lipinski definition) is 1. The van der Waals surface area contributed by atoms with E-state index < -0.39 is 27.6 Å². The summed E-state index contributed by atoms with van der Waals surface area (Å²) >= 11 is 0. The Morgan fingerprint density at radius 3 is 2.47 bits per heavy atom. The second-order valence-electron chi connectivity index (χ2n) is 9.50. The molecule has 2 aromatic carbocycles. The van der Waals surface area contributed by atoms with Gasteiger partial charge < -0.3 is 15.4 Å². The van der Waals surface area contributed by atoms with Gasteiger partial charge in [0.05, 0.1) is 4.90 Å². The standard InChI is InChI=1S/C25H29N3O5S/c1-25-16-20(19-6-2-3-7-21(19)33-25)22(23(26)29)24(30)28(25)15-12-17-8-10-18(11-9-17)34(31,32)27-13-4-5-14-27/h2-3,6-11,20,22H,4-5,12-16H2,1H3,(H2,26,29). The summed E-state index contributed by atoms with van der Waals surface area (Å²) in [6, 6.07) is 14.3. The fourth-order valence-electron chi connectivity index (χ4n) is 5.53. The van der Waals surface area contributed by atoms with Crippen molar-refractivity contribution in [3.63, 3.8) is 0 Å². The predicted molar refractivity (Wildman–Crippen MR) is 125 cm³/mol. The molecule has 2 N–H and O–H groups in total. The minimum Gasteiger partial charge on any atom is -0.468 e. The molecule has 0 aliphatic carbocycles. The van der Waals surface area contributed by atoms with Crippen molar-refractivity contribution in [3.05, 3.63) is 59.7 Å². The summed E-state index contributed by atoms with van der Waals surface area (Å²) in [7, 11) is -3.47. The molecule has 2 aromatic rings. The fourth-order valence-corrected chi connectivity index (χ4v) is 7.04. The molecule has 2 fully saturated rings. The summed E-state index contributed by atoms with van der Waals surface area (Å²) in [6.07, 6.45) is 2.75. The van der Waals surface area contributed by atoms with Crippen LogP contribution in [-0.4, -0.2) is 54.8 Å². The summed E-state index contributed by atoms with van der Waals surface area (Å²) in [4.78, 5) is 27.6. The molecule has 0 saturated carbocycles. The number of sulfonamides is 1. The average Bonchev–Trinajstić information content (AvgIpc) is 3.35. The van der Waals surface area contributed by atoms with Gasteiger partial charge in [0, 0.05) is 32.0 Å². The number of ether oxygens (including phenoxy) is 1. The van der Waals surface area contributed by atoms with Crippen LogP contribution in [0.1, 0.15) is 43.2 Å². The van der Waals surface area contributed by atoms with Crippen molar-refractivity contribution in [3.8, 4) is 5.75 Å². The van der Waals surface area contributed by atoms with E-state index >= 15 is 0 Å².